The van der Waals surface area contributed by atoms with E-state index in [0.717, 1.165) is 18.8 Å². The fraction of sp³-hybridized carbons (Fsp3) is 0.353. The zero-order valence-corrected chi connectivity index (χ0v) is 13.3. The van der Waals surface area contributed by atoms with Crippen molar-refractivity contribution in [2.24, 2.45) is 0 Å². The smallest absolute Gasteiger partial charge is 0.275 e. The van der Waals surface area contributed by atoms with E-state index in [4.69, 9.17) is 4.74 Å². The van der Waals surface area contributed by atoms with Gasteiger partial charge >= 0.3 is 0 Å². The van der Waals surface area contributed by atoms with Gasteiger partial charge in [-0.2, -0.15) is 0 Å². The van der Waals surface area contributed by atoms with Gasteiger partial charge in [0.1, 0.15) is 11.5 Å². The molecule has 1 amide bonds. The molecule has 0 aromatic carbocycles. The van der Waals surface area contributed by atoms with Crippen molar-refractivity contribution in [3.8, 4) is 0 Å². The summed E-state index contributed by atoms with van der Waals surface area (Å²) in [5.74, 6) is 0.248. The average molecular weight is 312 g/mol. The molecule has 1 N–H and O–H groups in total. The van der Waals surface area contributed by atoms with Crippen LogP contribution in [0.1, 0.15) is 24.3 Å². The normalized spacial score (nSPS) is 21.0. The molecule has 23 heavy (non-hydrogen) atoms. The molecule has 2 atom stereocenters. The summed E-state index contributed by atoms with van der Waals surface area (Å²) in [7, 11) is 0. The van der Waals surface area contributed by atoms with Crippen LogP contribution in [0.3, 0.4) is 0 Å². The number of hydrogen-bond acceptors (Lipinski definition) is 5. The van der Waals surface area contributed by atoms with Crippen LogP contribution in [-0.2, 0) is 4.74 Å². The summed E-state index contributed by atoms with van der Waals surface area (Å²) in [5, 5.41) is 2.75. The SMILES string of the molecule is C[C@H]1CN(c2ccnc(C(=O)Nc3ccccn3)c2)C[C@H](C)O1. The van der Waals surface area contributed by atoms with Crippen LogP contribution in [0.2, 0.25) is 0 Å². The van der Waals surface area contributed by atoms with Crippen LogP contribution in [0, 0.1) is 0 Å². The predicted octanol–water partition coefficient (Wildman–Crippen LogP) is 2.34. The molecule has 0 spiro atoms. The maximum Gasteiger partial charge on any atom is 0.275 e. The molecule has 6 heteroatoms. The van der Waals surface area contributed by atoms with E-state index in [2.05, 4.69) is 34.0 Å². The highest BCUT2D eigenvalue weighted by Gasteiger charge is 2.23. The zero-order valence-electron chi connectivity index (χ0n) is 13.3. The lowest BCUT2D eigenvalue weighted by Crippen LogP contribution is -2.45. The fourth-order valence-electron chi connectivity index (χ4n) is 2.75. The molecule has 2 aromatic rings. The monoisotopic (exact) mass is 312 g/mol. The van der Waals surface area contributed by atoms with Gasteiger partial charge in [0, 0.05) is 31.2 Å². The summed E-state index contributed by atoms with van der Waals surface area (Å²) < 4.78 is 5.75. The number of hydrogen-bond donors (Lipinski definition) is 1. The Morgan fingerprint density at radius 2 is 1.96 bits per heavy atom. The molecular formula is C17H20N4O2. The summed E-state index contributed by atoms with van der Waals surface area (Å²) in [6, 6.07) is 9.09. The molecule has 0 bridgehead atoms. The van der Waals surface area contributed by atoms with Gasteiger partial charge in [0.25, 0.3) is 5.91 Å². The molecule has 3 heterocycles. The Morgan fingerprint density at radius 1 is 1.17 bits per heavy atom. The molecule has 0 radical (unpaired) electrons. The number of amides is 1. The van der Waals surface area contributed by atoms with E-state index >= 15 is 0 Å². The van der Waals surface area contributed by atoms with E-state index in [1.54, 1.807) is 24.5 Å². The van der Waals surface area contributed by atoms with E-state index < -0.39 is 0 Å². The molecular weight excluding hydrogens is 292 g/mol. The number of ether oxygens (including phenoxy) is 1. The molecule has 3 rings (SSSR count). The standard InChI is InChI=1S/C17H20N4O2/c1-12-10-21(11-13(2)23-12)14-6-8-18-15(9-14)17(22)20-16-5-3-4-7-19-16/h3-9,12-13H,10-11H2,1-2H3,(H,19,20,22)/t12-,13-/m0/s1. The van der Waals surface area contributed by atoms with E-state index in [0.29, 0.717) is 11.5 Å². The van der Waals surface area contributed by atoms with Crippen molar-refractivity contribution in [3.63, 3.8) is 0 Å². The van der Waals surface area contributed by atoms with Crippen molar-refractivity contribution in [1.29, 1.82) is 0 Å². The lowest BCUT2D eigenvalue weighted by molar-refractivity contribution is -0.00522. The molecule has 0 saturated carbocycles. The minimum Gasteiger partial charge on any atom is -0.372 e. The van der Waals surface area contributed by atoms with E-state index in [1.165, 1.54) is 0 Å². The lowest BCUT2D eigenvalue weighted by Gasteiger charge is -2.36. The highest BCUT2D eigenvalue weighted by atomic mass is 16.5. The Bertz CT molecular complexity index is 667. The molecule has 0 unspecified atom stereocenters. The molecule has 1 fully saturated rings. The van der Waals surface area contributed by atoms with Crippen molar-refractivity contribution >= 4 is 17.4 Å². The Balaban J connectivity index is 1.75. The average Bonchev–Trinajstić information content (AvgIpc) is 2.55. The molecule has 0 aliphatic carbocycles. The number of anilines is 2. The van der Waals surface area contributed by atoms with Crippen molar-refractivity contribution in [2.75, 3.05) is 23.3 Å². The lowest BCUT2D eigenvalue weighted by atomic mass is 10.2. The van der Waals surface area contributed by atoms with Crippen molar-refractivity contribution in [2.45, 2.75) is 26.1 Å². The first kappa shape index (κ1) is 15.4. The van der Waals surface area contributed by atoms with Crippen molar-refractivity contribution in [1.82, 2.24) is 9.97 Å². The van der Waals surface area contributed by atoms with E-state index in [-0.39, 0.29) is 18.1 Å². The molecule has 1 aliphatic heterocycles. The Hall–Kier alpha value is -2.47. The molecule has 2 aromatic heterocycles. The largest absolute Gasteiger partial charge is 0.372 e. The Kier molecular flexibility index (Phi) is 4.52. The Morgan fingerprint density at radius 3 is 2.65 bits per heavy atom. The highest BCUT2D eigenvalue weighted by molar-refractivity contribution is 6.02. The molecule has 1 saturated heterocycles. The first-order valence-corrected chi connectivity index (χ1v) is 7.70. The maximum absolute atomic E-state index is 12.3. The van der Waals surface area contributed by atoms with Crippen molar-refractivity contribution < 1.29 is 9.53 Å². The number of rotatable bonds is 3. The van der Waals surface area contributed by atoms with Gasteiger partial charge in [-0.25, -0.2) is 4.98 Å². The number of nitrogens with zero attached hydrogens (tertiary/aromatic N) is 3. The van der Waals surface area contributed by atoms with Crippen LogP contribution >= 0.6 is 0 Å². The fourth-order valence-corrected chi connectivity index (χ4v) is 2.75. The van der Waals surface area contributed by atoms with Crippen LogP contribution in [0.5, 0.6) is 0 Å². The number of nitrogens with one attached hydrogen (secondary N) is 1. The highest BCUT2D eigenvalue weighted by Crippen LogP contribution is 2.20. The summed E-state index contributed by atoms with van der Waals surface area (Å²) in [5.41, 5.74) is 1.35. The predicted molar refractivity (Wildman–Crippen MR) is 88.6 cm³/mol. The maximum atomic E-state index is 12.3. The third kappa shape index (κ3) is 3.84. The topological polar surface area (TPSA) is 67.4 Å². The van der Waals surface area contributed by atoms with Gasteiger partial charge < -0.3 is 15.0 Å². The number of carbonyl (C=O) groups is 1. The second kappa shape index (κ2) is 6.75. The number of aromatic nitrogens is 2. The third-order valence-corrected chi connectivity index (χ3v) is 3.67. The van der Waals surface area contributed by atoms with Gasteiger partial charge in [0.15, 0.2) is 0 Å². The third-order valence-electron chi connectivity index (χ3n) is 3.67. The summed E-state index contributed by atoms with van der Waals surface area (Å²) in [6.07, 6.45) is 3.62. The second-order valence-corrected chi connectivity index (χ2v) is 5.73. The first-order valence-electron chi connectivity index (χ1n) is 7.70. The van der Waals surface area contributed by atoms with E-state index in [1.807, 2.05) is 18.2 Å². The van der Waals surface area contributed by atoms with Gasteiger partial charge in [0.2, 0.25) is 0 Å². The number of carbonyl (C=O) groups excluding carboxylic acids is 1. The summed E-state index contributed by atoms with van der Waals surface area (Å²) in [4.78, 5) is 22.8. The van der Waals surface area contributed by atoms with Gasteiger partial charge in [-0.05, 0) is 38.1 Å². The second-order valence-electron chi connectivity index (χ2n) is 5.73. The van der Waals surface area contributed by atoms with Gasteiger partial charge in [-0.15, -0.1) is 0 Å². The van der Waals surface area contributed by atoms with Crippen LogP contribution in [0.15, 0.2) is 42.7 Å². The van der Waals surface area contributed by atoms with Gasteiger partial charge in [-0.3, -0.25) is 9.78 Å². The number of morpholine rings is 1. The minimum absolute atomic E-state index is 0.165. The minimum atomic E-state index is -0.264. The van der Waals surface area contributed by atoms with Crippen molar-refractivity contribution in [3.05, 3.63) is 48.4 Å². The van der Waals surface area contributed by atoms with E-state index in [9.17, 15) is 4.79 Å². The van der Waals surface area contributed by atoms with Crippen LogP contribution in [0.4, 0.5) is 11.5 Å². The molecule has 120 valence electrons. The Labute approximate surface area is 135 Å². The molecule has 1 aliphatic rings. The van der Waals surface area contributed by atoms with Gasteiger partial charge in [-0.1, -0.05) is 6.07 Å². The number of pyridine rings is 2. The van der Waals surface area contributed by atoms with Crippen LogP contribution in [0.25, 0.3) is 0 Å². The zero-order chi connectivity index (χ0) is 16.2. The quantitative estimate of drug-likeness (QED) is 0.942. The first-order chi connectivity index (χ1) is 11.1. The van der Waals surface area contributed by atoms with Gasteiger partial charge in [0.05, 0.1) is 12.2 Å². The summed E-state index contributed by atoms with van der Waals surface area (Å²) >= 11 is 0. The van der Waals surface area contributed by atoms with Crippen LogP contribution < -0.4 is 10.2 Å². The van der Waals surface area contributed by atoms with Crippen LogP contribution in [-0.4, -0.2) is 41.2 Å². The summed E-state index contributed by atoms with van der Waals surface area (Å²) in [6.45, 7) is 5.71. The molecule has 6 nitrogen and oxygen atoms in total.